The smallest absolute Gasteiger partial charge is 0.255 e. The third kappa shape index (κ3) is 4.12. The molecule has 0 unspecified atom stereocenters. The van der Waals surface area contributed by atoms with Crippen LogP contribution >= 0.6 is 0 Å². The van der Waals surface area contributed by atoms with Crippen molar-refractivity contribution >= 4 is 21.4 Å². The van der Waals surface area contributed by atoms with Crippen LogP contribution in [0.5, 0.6) is 0 Å². The number of amides is 1. The number of hydrogen-bond donors (Lipinski definition) is 1. The van der Waals surface area contributed by atoms with Crippen molar-refractivity contribution < 1.29 is 13.2 Å². The molecule has 0 saturated carbocycles. The summed E-state index contributed by atoms with van der Waals surface area (Å²) in [7, 11) is -3.37. The summed E-state index contributed by atoms with van der Waals surface area (Å²) in [5, 5.41) is 10.5. The third-order valence-electron chi connectivity index (χ3n) is 3.74. The number of sulfone groups is 1. The number of nitrogens with zero attached hydrogens (tertiary/aromatic N) is 2. The van der Waals surface area contributed by atoms with Crippen LogP contribution in [0.25, 0.3) is 11.3 Å². The molecule has 0 spiro atoms. The van der Waals surface area contributed by atoms with Crippen molar-refractivity contribution in [1.82, 2.24) is 10.2 Å². The van der Waals surface area contributed by atoms with Crippen molar-refractivity contribution in [3.05, 3.63) is 71.8 Å². The number of rotatable bonds is 4. The number of hydrogen-bond acceptors (Lipinski definition) is 5. The Bertz CT molecular complexity index is 1040. The summed E-state index contributed by atoms with van der Waals surface area (Å²) >= 11 is 0. The maximum Gasteiger partial charge on any atom is 0.255 e. The molecule has 0 aliphatic heterocycles. The maximum atomic E-state index is 12.3. The molecule has 1 heterocycles. The van der Waals surface area contributed by atoms with E-state index >= 15 is 0 Å². The Kier molecular flexibility index (Phi) is 4.81. The number of benzene rings is 2. The quantitative estimate of drug-likeness (QED) is 0.765. The average Bonchev–Trinajstić information content (AvgIpc) is 2.62. The van der Waals surface area contributed by atoms with Crippen molar-refractivity contribution in [2.45, 2.75) is 11.9 Å². The highest BCUT2D eigenvalue weighted by molar-refractivity contribution is 7.90. The molecule has 1 amide bonds. The lowest BCUT2D eigenvalue weighted by Crippen LogP contribution is -2.11. The van der Waals surface area contributed by atoms with Crippen molar-refractivity contribution in [2.24, 2.45) is 0 Å². The fourth-order valence-electron chi connectivity index (χ4n) is 2.39. The molecule has 0 aliphatic carbocycles. The Hall–Kier alpha value is -3.06. The molecule has 1 N–H and O–H groups in total. The highest BCUT2D eigenvalue weighted by Gasteiger charge is 2.10. The zero-order valence-electron chi connectivity index (χ0n) is 14.3. The molecule has 0 saturated heterocycles. The minimum atomic E-state index is -3.37. The van der Waals surface area contributed by atoms with Crippen molar-refractivity contribution in [2.75, 3.05) is 11.6 Å². The first kappa shape index (κ1) is 17.8. The number of carbonyl (C=O) groups excluding carboxylic acids is 1. The highest BCUT2D eigenvalue weighted by Crippen LogP contribution is 2.20. The fourth-order valence-corrected chi connectivity index (χ4v) is 2.89. The van der Waals surface area contributed by atoms with Crippen LogP contribution in [0.3, 0.4) is 0 Å². The largest absolute Gasteiger partial charge is 0.322 e. The van der Waals surface area contributed by atoms with Crippen LogP contribution in [0, 0.1) is 6.92 Å². The maximum absolute atomic E-state index is 12.3. The first-order chi connectivity index (χ1) is 12.3. The standard InChI is InChI=1S/C19H17N3O3S/c1-13-4-3-5-15(12-13)19(23)20-16-8-6-14(7-9-16)17-10-11-18(22-21-17)26(2,24)25/h3-12H,1-2H3,(H,20,23). The second-order valence-corrected chi connectivity index (χ2v) is 7.89. The molecule has 0 fully saturated rings. The topological polar surface area (TPSA) is 89.0 Å². The number of nitrogens with one attached hydrogen (secondary N) is 1. The molecule has 0 atom stereocenters. The van der Waals surface area contributed by atoms with Crippen molar-refractivity contribution in [1.29, 1.82) is 0 Å². The van der Waals surface area contributed by atoms with E-state index in [2.05, 4.69) is 15.5 Å². The Morgan fingerprint density at radius 1 is 0.962 bits per heavy atom. The molecule has 1 aromatic heterocycles. The van der Waals surface area contributed by atoms with E-state index in [1.807, 2.05) is 25.1 Å². The van der Waals surface area contributed by atoms with E-state index in [0.717, 1.165) is 17.4 Å². The van der Waals surface area contributed by atoms with E-state index in [1.165, 1.54) is 6.07 Å². The Morgan fingerprint density at radius 3 is 2.27 bits per heavy atom. The first-order valence-corrected chi connectivity index (χ1v) is 9.74. The normalized spacial score (nSPS) is 11.2. The average molecular weight is 367 g/mol. The molecule has 3 aromatic rings. The summed E-state index contributed by atoms with van der Waals surface area (Å²) in [6.07, 6.45) is 1.09. The van der Waals surface area contributed by atoms with Crippen LogP contribution in [0.4, 0.5) is 5.69 Å². The van der Waals surface area contributed by atoms with Gasteiger partial charge in [-0.05, 0) is 43.3 Å². The summed E-state index contributed by atoms with van der Waals surface area (Å²) < 4.78 is 22.8. The molecule has 132 valence electrons. The van der Waals surface area contributed by atoms with Gasteiger partial charge in [0.15, 0.2) is 14.9 Å². The fraction of sp³-hybridized carbons (Fsp3) is 0.105. The van der Waals surface area contributed by atoms with Crippen LogP contribution < -0.4 is 5.32 Å². The monoisotopic (exact) mass is 367 g/mol. The minimum absolute atomic E-state index is 0.0664. The zero-order chi connectivity index (χ0) is 18.7. The summed E-state index contributed by atoms with van der Waals surface area (Å²) in [6.45, 7) is 1.93. The molecule has 26 heavy (non-hydrogen) atoms. The molecular formula is C19H17N3O3S. The summed E-state index contributed by atoms with van der Waals surface area (Å²) in [5.74, 6) is -0.182. The van der Waals surface area contributed by atoms with Gasteiger partial charge < -0.3 is 5.32 Å². The van der Waals surface area contributed by atoms with Crippen LogP contribution in [0.1, 0.15) is 15.9 Å². The minimum Gasteiger partial charge on any atom is -0.322 e. The van der Waals surface area contributed by atoms with E-state index < -0.39 is 9.84 Å². The Morgan fingerprint density at radius 2 is 1.69 bits per heavy atom. The molecule has 3 rings (SSSR count). The predicted octanol–water partition coefficient (Wildman–Crippen LogP) is 3.11. The van der Waals surface area contributed by atoms with E-state index in [0.29, 0.717) is 16.9 Å². The van der Waals surface area contributed by atoms with Crippen LogP contribution in [-0.4, -0.2) is 30.8 Å². The van der Waals surface area contributed by atoms with Crippen LogP contribution in [0.2, 0.25) is 0 Å². The lowest BCUT2D eigenvalue weighted by Gasteiger charge is -2.07. The Balaban J connectivity index is 1.75. The van der Waals surface area contributed by atoms with Gasteiger partial charge in [-0.2, -0.15) is 0 Å². The van der Waals surface area contributed by atoms with Gasteiger partial charge in [0.25, 0.3) is 5.91 Å². The molecule has 0 radical (unpaired) electrons. The van der Waals surface area contributed by atoms with Crippen LogP contribution in [0.15, 0.2) is 65.7 Å². The molecule has 0 aliphatic rings. The SMILES string of the molecule is Cc1cccc(C(=O)Nc2ccc(-c3ccc(S(C)(=O)=O)nn3)cc2)c1. The van der Waals surface area contributed by atoms with Gasteiger partial charge in [0, 0.05) is 23.1 Å². The van der Waals surface area contributed by atoms with Crippen LogP contribution in [-0.2, 0) is 9.84 Å². The second kappa shape index (κ2) is 7.05. The molecule has 2 aromatic carbocycles. The van der Waals surface area contributed by atoms with E-state index in [-0.39, 0.29) is 10.9 Å². The number of anilines is 1. The van der Waals surface area contributed by atoms with Gasteiger partial charge in [0.1, 0.15) is 0 Å². The van der Waals surface area contributed by atoms with Gasteiger partial charge in [0.05, 0.1) is 5.69 Å². The number of aryl methyl sites for hydroxylation is 1. The van der Waals surface area contributed by atoms with E-state index in [9.17, 15) is 13.2 Å². The molecule has 6 nitrogen and oxygen atoms in total. The van der Waals surface area contributed by atoms with Gasteiger partial charge in [-0.25, -0.2) is 8.42 Å². The lowest BCUT2D eigenvalue weighted by molar-refractivity contribution is 0.102. The summed E-state index contributed by atoms with van der Waals surface area (Å²) in [4.78, 5) is 12.3. The molecule has 0 bridgehead atoms. The first-order valence-electron chi connectivity index (χ1n) is 7.85. The lowest BCUT2D eigenvalue weighted by atomic mass is 10.1. The molecule has 7 heteroatoms. The van der Waals surface area contributed by atoms with Gasteiger partial charge in [0.2, 0.25) is 0 Å². The number of carbonyl (C=O) groups is 1. The predicted molar refractivity (Wildman–Crippen MR) is 99.7 cm³/mol. The zero-order valence-corrected chi connectivity index (χ0v) is 15.1. The summed E-state index contributed by atoms with van der Waals surface area (Å²) in [6, 6.07) is 17.5. The van der Waals surface area contributed by atoms with E-state index in [1.54, 1.807) is 36.4 Å². The van der Waals surface area contributed by atoms with Gasteiger partial charge >= 0.3 is 0 Å². The molecular weight excluding hydrogens is 350 g/mol. The van der Waals surface area contributed by atoms with Crippen molar-refractivity contribution in [3.63, 3.8) is 0 Å². The van der Waals surface area contributed by atoms with Crippen molar-refractivity contribution in [3.8, 4) is 11.3 Å². The third-order valence-corrected chi connectivity index (χ3v) is 4.72. The second-order valence-electron chi connectivity index (χ2n) is 5.93. The van der Waals surface area contributed by atoms with Gasteiger partial charge in [-0.3, -0.25) is 4.79 Å². The van der Waals surface area contributed by atoms with E-state index in [4.69, 9.17) is 0 Å². The van der Waals surface area contributed by atoms with Gasteiger partial charge in [-0.1, -0.05) is 29.8 Å². The van der Waals surface area contributed by atoms with Gasteiger partial charge in [-0.15, -0.1) is 10.2 Å². The highest BCUT2D eigenvalue weighted by atomic mass is 32.2. The summed E-state index contributed by atoms with van der Waals surface area (Å²) in [5.41, 5.74) is 3.58. The number of aromatic nitrogens is 2. The Labute approximate surface area is 151 Å².